The summed E-state index contributed by atoms with van der Waals surface area (Å²) in [6.07, 6.45) is 12.0. The molecule has 0 radical (unpaired) electrons. The largest absolute Gasteiger partial charge is 0.293 e. The quantitative estimate of drug-likeness (QED) is 0.745. The van der Waals surface area contributed by atoms with Crippen molar-refractivity contribution < 1.29 is 9.59 Å². The van der Waals surface area contributed by atoms with Crippen molar-refractivity contribution >= 4 is 17.3 Å². The predicted octanol–water partition coefficient (Wildman–Crippen LogP) is 3.19. The van der Waals surface area contributed by atoms with Crippen molar-refractivity contribution in [3.8, 4) is 0 Å². The van der Waals surface area contributed by atoms with E-state index in [0.29, 0.717) is 16.8 Å². The summed E-state index contributed by atoms with van der Waals surface area (Å²) in [7, 11) is 0. The number of ketones is 2. The third-order valence-corrected chi connectivity index (χ3v) is 4.68. The van der Waals surface area contributed by atoms with Crippen molar-refractivity contribution in [2.24, 2.45) is 16.3 Å². The lowest BCUT2D eigenvalue weighted by atomic mass is 9.76. The van der Waals surface area contributed by atoms with Crippen LogP contribution in [0.5, 0.6) is 0 Å². The summed E-state index contributed by atoms with van der Waals surface area (Å²) in [5, 5.41) is 0. The summed E-state index contributed by atoms with van der Waals surface area (Å²) in [6, 6.07) is 6.96. The molecule has 2 aliphatic carbocycles. The van der Waals surface area contributed by atoms with Crippen LogP contribution in [0.4, 0.5) is 0 Å². The normalized spacial score (nSPS) is 29.5. The molecule has 108 valence electrons. The lowest BCUT2D eigenvalue weighted by Gasteiger charge is -2.33. The molecule has 3 nitrogen and oxygen atoms in total. The van der Waals surface area contributed by atoms with Crippen LogP contribution in [0.3, 0.4) is 0 Å². The molecular formula is C19H15NO2. The van der Waals surface area contributed by atoms with E-state index in [0.717, 1.165) is 0 Å². The molecule has 3 heteroatoms. The Hall–Kier alpha value is -2.55. The second-order valence-electron chi connectivity index (χ2n) is 6.15. The van der Waals surface area contributed by atoms with Crippen LogP contribution in [-0.2, 0) is 0 Å². The number of dihydropyridines is 1. The van der Waals surface area contributed by atoms with Crippen LogP contribution in [-0.4, -0.2) is 23.3 Å². The van der Waals surface area contributed by atoms with E-state index in [1.165, 1.54) is 0 Å². The summed E-state index contributed by atoms with van der Waals surface area (Å²) in [5.41, 5.74) is 1.44. The fourth-order valence-electron chi connectivity index (χ4n) is 3.33. The van der Waals surface area contributed by atoms with Crippen LogP contribution in [0.25, 0.3) is 0 Å². The molecule has 0 bridgehead atoms. The molecule has 3 aliphatic rings. The molecule has 0 unspecified atom stereocenters. The highest BCUT2D eigenvalue weighted by Crippen LogP contribution is 2.37. The van der Waals surface area contributed by atoms with E-state index >= 15 is 0 Å². The van der Waals surface area contributed by atoms with Crippen molar-refractivity contribution in [1.82, 2.24) is 0 Å². The number of carbonyl (C=O) groups is 2. The van der Waals surface area contributed by atoms with Crippen molar-refractivity contribution in [3.05, 3.63) is 71.8 Å². The van der Waals surface area contributed by atoms with E-state index in [1.54, 1.807) is 24.3 Å². The second-order valence-corrected chi connectivity index (χ2v) is 6.15. The Kier molecular flexibility index (Phi) is 2.67. The van der Waals surface area contributed by atoms with Gasteiger partial charge in [-0.25, -0.2) is 0 Å². The van der Waals surface area contributed by atoms with Gasteiger partial charge in [-0.2, -0.15) is 0 Å². The number of nitrogens with zero attached hydrogens (tertiary/aromatic N) is 1. The summed E-state index contributed by atoms with van der Waals surface area (Å²) in [6.45, 7) is 2.10. The molecule has 1 heterocycles. The average molecular weight is 289 g/mol. The summed E-state index contributed by atoms with van der Waals surface area (Å²) in [4.78, 5) is 29.8. The van der Waals surface area contributed by atoms with E-state index in [-0.39, 0.29) is 23.0 Å². The molecule has 22 heavy (non-hydrogen) atoms. The molecule has 0 amide bonds. The molecule has 0 fully saturated rings. The first-order valence-electron chi connectivity index (χ1n) is 7.40. The first kappa shape index (κ1) is 13.1. The first-order chi connectivity index (χ1) is 10.6. The third kappa shape index (κ3) is 1.72. The van der Waals surface area contributed by atoms with Crippen molar-refractivity contribution in [3.63, 3.8) is 0 Å². The number of fused-ring (bicyclic) bond motifs is 2. The number of rotatable bonds is 1. The van der Waals surface area contributed by atoms with Gasteiger partial charge in [0.2, 0.25) is 0 Å². The maximum atomic E-state index is 12.6. The van der Waals surface area contributed by atoms with Gasteiger partial charge < -0.3 is 0 Å². The van der Waals surface area contributed by atoms with Crippen LogP contribution in [0.15, 0.2) is 65.7 Å². The standard InChI is InChI=1S/C19H15NO2/c1-19-10-5-4-8-15(19)20-14(9-11-19)16-17(21)12-6-2-3-7-13(12)18(16)22/h2-11,15-16H,1H3/t15-,19-/m1/s1. The van der Waals surface area contributed by atoms with E-state index in [2.05, 4.69) is 13.0 Å². The van der Waals surface area contributed by atoms with Gasteiger partial charge in [0, 0.05) is 16.5 Å². The zero-order valence-corrected chi connectivity index (χ0v) is 12.2. The Bertz CT molecular complexity index is 777. The lowest BCUT2D eigenvalue weighted by Crippen LogP contribution is -2.35. The fourth-order valence-corrected chi connectivity index (χ4v) is 3.33. The van der Waals surface area contributed by atoms with Gasteiger partial charge >= 0.3 is 0 Å². The van der Waals surface area contributed by atoms with Crippen LogP contribution < -0.4 is 0 Å². The second kappa shape index (κ2) is 4.47. The SMILES string of the molecule is C[C@]12C=CC=C[C@H]1N=C(C1C(=O)c3ccccc3C1=O)C=C2. The van der Waals surface area contributed by atoms with Gasteiger partial charge in [-0.05, 0) is 6.08 Å². The van der Waals surface area contributed by atoms with Crippen molar-refractivity contribution in [2.75, 3.05) is 0 Å². The molecule has 1 aromatic rings. The van der Waals surface area contributed by atoms with Crippen molar-refractivity contribution in [2.45, 2.75) is 13.0 Å². The molecular weight excluding hydrogens is 274 g/mol. The van der Waals surface area contributed by atoms with Crippen LogP contribution >= 0.6 is 0 Å². The van der Waals surface area contributed by atoms with Gasteiger partial charge in [0.25, 0.3) is 0 Å². The molecule has 2 atom stereocenters. The highest BCUT2D eigenvalue weighted by atomic mass is 16.2. The monoisotopic (exact) mass is 289 g/mol. The van der Waals surface area contributed by atoms with E-state index in [1.807, 2.05) is 30.4 Å². The van der Waals surface area contributed by atoms with Crippen LogP contribution in [0.1, 0.15) is 27.6 Å². The molecule has 0 aromatic heterocycles. The fraction of sp³-hybridized carbons (Fsp3) is 0.211. The van der Waals surface area contributed by atoms with Gasteiger partial charge in [0.05, 0.1) is 11.8 Å². The first-order valence-corrected chi connectivity index (χ1v) is 7.40. The minimum absolute atomic E-state index is 0.0539. The van der Waals surface area contributed by atoms with Crippen molar-refractivity contribution in [1.29, 1.82) is 0 Å². The summed E-state index contributed by atoms with van der Waals surface area (Å²) in [5.74, 6) is -1.05. The smallest absolute Gasteiger partial charge is 0.180 e. The molecule has 0 N–H and O–H groups in total. The molecule has 1 aromatic carbocycles. The molecule has 4 rings (SSSR count). The van der Waals surface area contributed by atoms with Crippen LogP contribution in [0.2, 0.25) is 0 Å². The van der Waals surface area contributed by atoms with Gasteiger partial charge in [-0.3, -0.25) is 14.6 Å². The van der Waals surface area contributed by atoms with Gasteiger partial charge in [-0.1, -0.05) is 61.6 Å². The number of benzene rings is 1. The zero-order chi connectivity index (χ0) is 15.3. The Morgan fingerprint density at radius 2 is 1.68 bits per heavy atom. The third-order valence-electron chi connectivity index (χ3n) is 4.68. The minimum Gasteiger partial charge on any atom is -0.293 e. The van der Waals surface area contributed by atoms with E-state index < -0.39 is 5.92 Å². The topological polar surface area (TPSA) is 46.5 Å². The predicted molar refractivity (Wildman–Crippen MR) is 85.3 cm³/mol. The van der Waals surface area contributed by atoms with E-state index in [4.69, 9.17) is 4.99 Å². The zero-order valence-electron chi connectivity index (χ0n) is 12.2. The number of carbonyl (C=O) groups excluding carboxylic acids is 2. The molecule has 1 aliphatic heterocycles. The lowest BCUT2D eigenvalue weighted by molar-refractivity contribution is 0.0883. The Morgan fingerprint density at radius 1 is 1.00 bits per heavy atom. The average Bonchev–Trinajstić information content (AvgIpc) is 2.79. The Balaban J connectivity index is 1.75. The number of hydrogen-bond acceptors (Lipinski definition) is 3. The van der Waals surface area contributed by atoms with Gasteiger partial charge in [-0.15, -0.1) is 0 Å². The number of Topliss-reactive ketones (excluding diaryl/α,β-unsaturated/α-hetero) is 2. The number of hydrogen-bond donors (Lipinski definition) is 0. The number of allylic oxidation sites excluding steroid dienone is 3. The molecule has 0 saturated carbocycles. The van der Waals surface area contributed by atoms with Gasteiger partial charge in [0.15, 0.2) is 11.6 Å². The van der Waals surface area contributed by atoms with Crippen LogP contribution in [0, 0.1) is 11.3 Å². The minimum atomic E-state index is -0.780. The maximum Gasteiger partial charge on any atom is 0.180 e. The van der Waals surface area contributed by atoms with E-state index in [9.17, 15) is 9.59 Å². The number of aliphatic imine (C=N–C) groups is 1. The highest BCUT2D eigenvalue weighted by molar-refractivity contribution is 6.38. The summed E-state index contributed by atoms with van der Waals surface area (Å²) < 4.78 is 0. The summed E-state index contributed by atoms with van der Waals surface area (Å²) >= 11 is 0. The molecule has 0 saturated heterocycles. The molecule has 0 spiro atoms. The highest BCUT2D eigenvalue weighted by Gasteiger charge is 2.43. The maximum absolute atomic E-state index is 12.6. The Morgan fingerprint density at radius 3 is 2.36 bits per heavy atom. The van der Waals surface area contributed by atoms with Gasteiger partial charge in [0.1, 0.15) is 5.92 Å². The Labute approximate surface area is 128 Å².